The summed E-state index contributed by atoms with van der Waals surface area (Å²) >= 11 is 0. The highest BCUT2D eigenvalue weighted by molar-refractivity contribution is 5.69. The Morgan fingerprint density at radius 2 is 2.36 bits per heavy atom. The van der Waals surface area contributed by atoms with Crippen LogP contribution in [0.1, 0.15) is 33.1 Å². The van der Waals surface area contributed by atoms with Crippen LogP contribution in [0.15, 0.2) is 5.10 Å². The van der Waals surface area contributed by atoms with Crippen LogP contribution in [0, 0.1) is 12.0 Å². The molecule has 4 heteroatoms. The molecule has 0 saturated carbocycles. The van der Waals surface area contributed by atoms with E-state index >= 15 is 0 Å². The summed E-state index contributed by atoms with van der Waals surface area (Å²) in [6.45, 7) is 3.56. The van der Waals surface area contributed by atoms with Gasteiger partial charge in [-0.2, -0.15) is 5.10 Å². The van der Waals surface area contributed by atoms with E-state index in [1.165, 1.54) is 5.01 Å². The molecular formula is C10H16N2O2. The maximum atomic E-state index is 10.4. The zero-order chi connectivity index (χ0) is 10.8. The summed E-state index contributed by atoms with van der Waals surface area (Å²) in [6, 6.07) is 2.60. The van der Waals surface area contributed by atoms with Gasteiger partial charge in [0.15, 0.2) is 0 Å². The van der Waals surface area contributed by atoms with Crippen molar-refractivity contribution in [3.63, 3.8) is 0 Å². The van der Waals surface area contributed by atoms with Crippen molar-refractivity contribution in [2.24, 2.45) is 5.10 Å². The molecule has 0 aliphatic heterocycles. The van der Waals surface area contributed by atoms with Crippen LogP contribution < -0.4 is 0 Å². The third kappa shape index (κ3) is 7.17. The number of carboxylic acids is 1. The molecule has 78 valence electrons. The van der Waals surface area contributed by atoms with Gasteiger partial charge in [0, 0.05) is 12.3 Å². The number of hydrogen-bond donors (Lipinski definition) is 1. The third-order valence-corrected chi connectivity index (χ3v) is 1.43. The molecule has 0 aliphatic rings. The Labute approximate surface area is 84.6 Å². The number of unbranched alkanes of at least 4 members (excludes halogenated alkanes) is 2. The SMILES string of the molecule is CC#CN(CC(=O)O)/N=C\CCCC. The first-order chi connectivity index (χ1) is 6.70. The van der Waals surface area contributed by atoms with Gasteiger partial charge in [0.25, 0.3) is 0 Å². The quantitative estimate of drug-likeness (QED) is 0.230. The van der Waals surface area contributed by atoms with Crippen molar-refractivity contribution in [1.82, 2.24) is 5.01 Å². The van der Waals surface area contributed by atoms with E-state index in [9.17, 15) is 4.79 Å². The predicted octanol–water partition coefficient (Wildman–Crippen LogP) is 1.53. The molecule has 14 heavy (non-hydrogen) atoms. The Hall–Kier alpha value is -1.50. The average molecular weight is 196 g/mol. The van der Waals surface area contributed by atoms with E-state index in [4.69, 9.17) is 5.11 Å². The van der Waals surface area contributed by atoms with E-state index in [0.29, 0.717) is 0 Å². The molecule has 1 N–H and O–H groups in total. The largest absolute Gasteiger partial charge is 0.480 e. The van der Waals surface area contributed by atoms with Gasteiger partial charge in [-0.15, -0.1) is 0 Å². The molecule has 0 bridgehead atoms. The third-order valence-electron chi connectivity index (χ3n) is 1.43. The smallest absolute Gasteiger partial charge is 0.326 e. The standard InChI is InChI=1S/C10H16N2O2/c1-3-5-6-7-11-12(8-4-2)9-10(13)14/h7H,3,5-6,9H2,1-2H3,(H,13,14)/b11-7-. The Balaban J connectivity index is 3.99. The number of rotatable bonds is 6. The molecule has 0 saturated heterocycles. The van der Waals surface area contributed by atoms with Crippen LogP contribution in [-0.2, 0) is 4.79 Å². The molecule has 0 unspecified atom stereocenters. The second-order valence-corrected chi connectivity index (χ2v) is 2.75. The number of aliphatic carboxylic acids is 1. The molecule has 0 aliphatic carbocycles. The first-order valence-corrected chi connectivity index (χ1v) is 4.64. The van der Waals surface area contributed by atoms with Crippen molar-refractivity contribution < 1.29 is 9.90 Å². The van der Waals surface area contributed by atoms with E-state index in [2.05, 4.69) is 24.0 Å². The van der Waals surface area contributed by atoms with Crippen molar-refractivity contribution in [2.45, 2.75) is 33.1 Å². The first-order valence-electron chi connectivity index (χ1n) is 4.64. The second kappa shape index (κ2) is 8.11. The molecular weight excluding hydrogens is 180 g/mol. The van der Waals surface area contributed by atoms with Gasteiger partial charge in [0.05, 0.1) is 0 Å². The molecule has 0 aromatic heterocycles. The first kappa shape index (κ1) is 12.5. The lowest BCUT2D eigenvalue weighted by Gasteiger charge is -2.06. The van der Waals surface area contributed by atoms with Crippen LogP contribution in [0.4, 0.5) is 0 Å². The molecule has 0 atom stereocenters. The maximum Gasteiger partial charge on any atom is 0.326 e. The van der Waals surface area contributed by atoms with Crippen LogP contribution >= 0.6 is 0 Å². The molecule has 0 radical (unpaired) electrons. The second-order valence-electron chi connectivity index (χ2n) is 2.75. The fraction of sp³-hybridized carbons (Fsp3) is 0.600. The average Bonchev–Trinajstić information content (AvgIpc) is 2.12. The molecule has 0 fully saturated rings. The zero-order valence-corrected chi connectivity index (χ0v) is 8.66. The highest BCUT2D eigenvalue weighted by Crippen LogP contribution is 1.92. The fourth-order valence-electron chi connectivity index (χ4n) is 0.818. The van der Waals surface area contributed by atoms with Crippen molar-refractivity contribution in [3.8, 4) is 12.0 Å². The van der Waals surface area contributed by atoms with Crippen LogP contribution in [0.25, 0.3) is 0 Å². The normalized spacial score (nSPS) is 9.57. The van der Waals surface area contributed by atoms with Gasteiger partial charge in [0.1, 0.15) is 6.54 Å². The molecule has 0 spiro atoms. The monoisotopic (exact) mass is 196 g/mol. The summed E-state index contributed by atoms with van der Waals surface area (Å²) in [5, 5.41) is 13.7. The van der Waals surface area contributed by atoms with Gasteiger partial charge in [-0.1, -0.05) is 19.3 Å². The van der Waals surface area contributed by atoms with Gasteiger partial charge in [-0.3, -0.25) is 4.79 Å². The summed E-state index contributed by atoms with van der Waals surface area (Å²) in [7, 11) is 0. The van der Waals surface area contributed by atoms with Crippen LogP contribution in [0.2, 0.25) is 0 Å². The molecule has 0 amide bonds. The van der Waals surface area contributed by atoms with Gasteiger partial charge < -0.3 is 5.11 Å². The van der Waals surface area contributed by atoms with Gasteiger partial charge in [-0.25, -0.2) is 5.01 Å². The highest BCUT2D eigenvalue weighted by Gasteiger charge is 2.01. The Morgan fingerprint density at radius 1 is 1.64 bits per heavy atom. The van der Waals surface area contributed by atoms with E-state index in [-0.39, 0.29) is 6.54 Å². The van der Waals surface area contributed by atoms with E-state index in [0.717, 1.165) is 19.3 Å². The topological polar surface area (TPSA) is 52.9 Å². The summed E-state index contributed by atoms with van der Waals surface area (Å²) in [5.74, 6) is 1.68. The summed E-state index contributed by atoms with van der Waals surface area (Å²) < 4.78 is 0. The highest BCUT2D eigenvalue weighted by atomic mass is 16.4. The lowest BCUT2D eigenvalue weighted by Crippen LogP contribution is -2.20. The minimum Gasteiger partial charge on any atom is -0.480 e. The minimum absolute atomic E-state index is 0.177. The number of carbonyl (C=O) groups is 1. The van der Waals surface area contributed by atoms with Crippen molar-refractivity contribution in [3.05, 3.63) is 0 Å². The number of hydrazone groups is 1. The van der Waals surface area contributed by atoms with Crippen molar-refractivity contribution in [2.75, 3.05) is 6.54 Å². The Morgan fingerprint density at radius 3 is 2.86 bits per heavy atom. The molecule has 0 heterocycles. The number of hydrogen-bond acceptors (Lipinski definition) is 3. The molecule has 4 nitrogen and oxygen atoms in total. The minimum atomic E-state index is -0.930. The molecule has 0 aromatic carbocycles. The molecule has 0 aromatic rings. The zero-order valence-electron chi connectivity index (χ0n) is 8.66. The lowest BCUT2D eigenvalue weighted by molar-refractivity contribution is -0.137. The van der Waals surface area contributed by atoms with Gasteiger partial charge >= 0.3 is 5.97 Å². The maximum absolute atomic E-state index is 10.4. The number of nitrogens with zero attached hydrogens (tertiary/aromatic N) is 2. The number of carboxylic acid groups (broad SMARTS) is 1. The summed E-state index contributed by atoms with van der Waals surface area (Å²) in [4.78, 5) is 10.4. The predicted molar refractivity (Wildman–Crippen MR) is 55.8 cm³/mol. The van der Waals surface area contributed by atoms with Gasteiger partial charge in [-0.05, 0) is 19.8 Å². The Kier molecular flexibility index (Phi) is 7.24. The van der Waals surface area contributed by atoms with E-state index in [1.807, 2.05) is 0 Å². The summed E-state index contributed by atoms with van der Waals surface area (Å²) in [5.41, 5.74) is 0. The van der Waals surface area contributed by atoms with Crippen LogP contribution in [0.5, 0.6) is 0 Å². The Bertz CT molecular complexity index is 251. The van der Waals surface area contributed by atoms with Crippen LogP contribution in [-0.4, -0.2) is 28.8 Å². The van der Waals surface area contributed by atoms with Crippen molar-refractivity contribution >= 4 is 12.2 Å². The summed E-state index contributed by atoms with van der Waals surface area (Å²) in [6.07, 6.45) is 4.73. The lowest BCUT2D eigenvalue weighted by atomic mass is 10.3. The molecule has 0 rings (SSSR count). The fourth-order valence-corrected chi connectivity index (χ4v) is 0.818. The van der Waals surface area contributed by atoms with Gasteiger partial charge in [0.2, 0.25) is 0 Å². The van der Waals surface area contributed by atoms with Crippen molar-refractivity contribution in [1.29, 1.82) is 0 Å². The van der Waals surface area contributed by atoms with E-state index in [1.54, 1.807) is 13.1 Å². The van der Waals surface area contributed by atoms with E-state index < -0.39 is 5.97 Å². The van der Waals surface area contributed by atoms with Crippen LogP contribution in [0.3, 0.4) is 0 Å².